The lowest BCUT2D eigenvalue weighted by atomic mass is 9.87. The van der Waals surface area contributed by atoms with E-state index in [0.29, 0.717) is 12.3 Å². The zero-order valence-electron chi connectivity index (χ0n) is 8.58. The van der Waals surface area contributed by atoms with Crippen molar-refractivity contribution in [2.75, 3.05) is 0 Å². The predicted molar refractivity (Wildman–Crippen MR) is 58.5 cm³/mol. The van der Waals surface area contributed by atoms with Gasteiger partial charge in [-0.3, -0.25) is 4.79 Å². The van der Waals surface area contributed by atoms with Crippen molar-refractivity contribution >= 4 is 11.9 Å². The topological polar surface area (TPSA) is 17.1 Å². The molecule has 1 heteroatoms. The number of benzene rings is 1. The first-order valence-electron chi connectivity index (χ1n) is 5.03. The molecular weight excluding hydrogens is 172 g/mol. The van der Waals surface area contributed by atoms with E-state index in [4.69, 9.17) is 0 Å². The van der Waals surface area contributed by atoms with Crippen LogP contribution >= 0.6 is 0 Å². The molecule has 1 aliphatic carbocycles. The maximum Gasteiger partial charge on any atom is 0.167 e. The quantitative estimate of drug-likeness (QED) is 0.656. The second-order valence-electron chi connectivity index (χ2n) is 4.00. The van der Waals surface area contributed by atoms with Gasteiger partial charge in [-0.2, -0.15) is 0 Å². The Balaban J connectivity index is 2.64. The van der Waals surface area contributed by atoms with Crippen LogP contribution in [0.2, 0.25) is 0 Å². The molecule has 1 nitrogen and oxygen atoms in total. The Morgan fingerprint density at radius 2 is 2.07 bits per heavy atom. The van der Waals surface area contributed by atoms with E-state index in [0.717, 1.165) is 11.1 Å². The molecule has 0 atom stereocenters. The molecule has 0 bridgehead atoms. The molecule has 0 fully saturated rings. The Morgan fingerprint density at radius 3 is 2.79 bits per heavy atom. The molecule has 0 saturated carbocycles. The van der Waals surface area contributed by atoms with E-state index in [9.17, 15) is 4.79 Å². The Labute approximate surface area is 84.5 Å². The van der Waals surface area contributed by atoms with E-state index in [1.807, 2.05) is 24.3 Å². The molecule has 1 aliphatic rings. The predicted octanol–water partition coefficient (Wildman–Crippen LogP) is 3.41. The van der Waals surface area contributed by atoms with Crippen LogP contribution < -0.4 is 0 Å². The van der Waals surface area contributed by atoms with Crippen LogP contribution in [0.4, 0.5) is 0 Å². The molecule has 0 aliphatic heterocycles. The van der Waals surface area contributed by atoms with Crippen molar-refractivity contribution in [3.63, 3.8) is 0 Å². The van der Waals surface area contributed by atoms with Gasteiger partial charge >= 0.3 is 0 Å². The number of carbonyl (C=O) groups is 1. The fraction of sp³-hybridized carbons (Fsp3) is 0.308. The minimum Gasteiger partial charge on any atom is -0.294 e. The highest BCUT2D eigenvalue weighted by Gasteiger charge is 2.18. The van der Waals surface area contributed by atoms with Crippen molar-refractivity contribution in [3.05, 3.63) is 41.0 Å². The van der Waals surface area contributed by atoms with Crippen molar-refractivity contribution < 1.29 is 4.79 Å². The monoisotopic (exact) mass is 186 g/mol. The lowest BCUT2D eigenvalue weighted by Gasteiger charge is -2.16. The average Bonchev–Trinajstić information content (AvgIpc) is 2.17. The number of carbonyl (C=O) groups excluding carboxylic acids is 1. The van der Waals surface area contributed by atoms with Gasteiger partial charge in [-0.05, 0) is 17.0 Å². The number of ketones is 1. The van der Waals surface area contributed by atoms with Crippen molar-refractivity contribution in [1.29, 1.82) is 0 Å². The third-order valence-corrected chi connectivity index (χ3v) is 2.63. The van der Waals surface area contributed by atoms with Crippen LogP contribution in [0, 0.1) is 0 Å². The average molecular weight is 186 g/mol. The van der Waals surface area contributed by atoms with Crippen LogP contribution in [0.5, 0.6) is 0 Å². The van der Waals surface area contributed by atoms with Gasteiger partial charge in [0.05, 0.1) is 0 Å². The highest BCUT2D eigenvalue weighted by atomic mass is 16.1. The van der Waals surface area contributed by atoms with Crippen LogP contribution in [0.1, 0.15) is 47.7 Å². The fourth-order valence-electron chi connectivity index (χ4n) is 1.93. The summed E-state index contributed by atoms with van der Waals surface area (Å²) >= 11 is 0. The van der Waals surface area contributed by atoms with Crippen LogP contribution in [0.3, 0.4) is 0 Å². The van der Waals surface area contributed by atoms with Gasteiger partial charge in [-0.1, -0.05) is 44.2 Å². The second-order valence-corrected chi connectivity index (χ2v) is 4.00. The van der Waals surface area contributed by atoms with Gasteiger partial charge in [0.2, 0.25) is 0 Å². The summed E-state index contributed by atoms with van der Waals surface area (Å²) in [5.74, 6) is 0.673. The minimum absolute atomic E-state index is 0.256. The van der Waals surface area contributed by atoms with E-state index in [2.05, 4.69) is 19.9 Å². The Hall–Kier alpha value is -1.37. The number of rotatable bonds is 1. The standard InChI is InChI=1S/C13H14O/c1-9(2)11-7-3-5-10-6-4-8-12(14)13(10)11/h3-7,9H,8H2,1-2H3. The molecule has 0 saturated heterocycles. The first-order chi connectivity index (χ1) is 6.70. The molecule has 0 heterocycles. The largest absolute Gasteiger partial charge is 0.294 e. The van der Waals surface area contributed by atoms with Crippen molar-refractivity contribution in [2.24, 2.45) is 0 Å². The van der Waals surface area contributed by atoms with E-state index in [1.54, 1.807) is 0 Å². The van der Waals surface area contributed by atoms with Gasteiger partial charge in [0.25, 0.3) is 0 Å². The first-order valence-corrected chi connectivity index (χ1v) is 5.03. The summed E-state index contributed by atoms with van der Waals surface area (Å²) in [6, 6.07) is 6.09. The Morgan fingerprint density at radius 1 is 1.29 bits per heavy atom. The summed E-state index contributed by atoms with van der Waals surface area (Å²) in [7, 11) is 0. The SMILES string of the molecule is CC(C)c1cccc2c1C(=O)CC=C2. The van der Waals surface area contributed by atoms with Gasteiger partial charge in [0.15, 0.2) is 5.78 Å². The summed E-state index contributed by atoms with van der Waals surface area (Å²) in [6.45, 7) is 4.25. The number of hydrogen-bond acceptors (Lipinski definition) is 1. The molecule has 1 aromatic carbocycles. The summed E-state index contributed by atoms with van der Waals surface area (Å²) in [5, 5.41) is 0. The minimum atomic E-state index is 0.256. The zero-order chi connectivity index (χ0) is 10.1. The smallest absolute Gasteiger partial charge is 0.167 e. The third kappa shape index (κ3) is 1.39. The molecule has 0 amide bonds. The number of fused-ring (bicyclic) bond motifs is 1. The molecule has 2 rings (SSSR count). The molecule has 0 N–H and O–H groups in total. The lowest BCUT2D eigenvalue weighted by Crippen LogP contribution is -2.09. The van der Waals surface area contributed by atoms with Gasteiger partial charge in [-0.25, -0.2) is 0 Å². The first kappa shape index (κ1) is 9.20. The van der Waals surface area contributed by atoms with Crippen molar-refractivity contribution in [2.45, 2.75) is 26.2 Å². The molecular formula is C13H14O. The summed E-state index contributed by atoms with van der Waals surface area (Å²) in [5.41, 5.74) is 3.19. The molecule has 1 aromatic rings. The van der Waals surface area contributed by atoms with Crippen LogP contribution in [0.25, 0.3) is 6.08 Å². The molecule has 0 unspecified atom stereocenters. The maximum absolute atomic E-state index is 11.8. The fourth-order valence-corrected chi connectivity index (χ4v) is 1.93. The lowest BCUT2D eigenvalue weighted by molar-refractivity contribution is 0.0993. The Kier molecular flexibility index (Phi) is 2.24. The van der Waals surface area contributed by atoms with E-state index >= 15 is 0 Å². The summed E-state index contributed by atoms with van der Waals surface area (Å²) in [6.07, 6.45) is 4.54. The number of Topliss-reactive ketones (excluding diaryl/α,β-unsaturated/α-hetero) is 1. The molecule has 0 aromatic heterocycles. The van der Waals surface area contributed by atoms with E-state index in [-0.39, 0.29) is 5.78 Å². The summed E-state index contributed by atoms with van der Waals surface area (Å²) < 4.78 is 0. The Bertz CT molecular complexity index is 400. The molecule has 0 spiro atoms. The van der Waals surface area contributed by atoms with Crippen LogP contribution in [-0.2, 0) is 0 Å². The number of allylic oxidation sites excluding steroid dienone is 1. The number of hydrogen-bond donors (Lipinski definition) is 0. The van der Waals surface area contributed by atoms with Gasteiger partial charge in [-0.15, -0.1) is 0 Å². The highest BCUT2D eigenvalue weighted by Crippen LogP contribution is 2.27. The van der Waals surface area contributed by atoms with Gasteiger partial charge in [0.1, 0.15) is 0 Å². The van der Waals surface area contributed by atoms with Crippen LogP contribution in [0.15, 0.2) is 24.3 Å². The van der Waals surface area contributed by atoms with Gasteiger partial charge < -0.3 is 0 Å². The second kappa shape index (κ2) is 3.41. The maximum atomic E-state index is 11.8. The summed E-state index contributed by atoms with van der Waals surface area (Å²) in [4.78, 5) is 11.8. The zero-order valence-corrected chi connectivity index (χ0v) is 8.58. The third-order valence-electron chi connectivity index (χ3n) is 2.63. The van der Waals surface area contributed by atoms with E-state index < -0.39 is 0 Å². The molecule has 14 heavy (non-hydrogen) atoms. The van der Waals surface area contributed by atoms with Crippen molar-refractivity contribution in [1.82, 2.24) is 0 Å². The van der Waals surface area contributed by atoms with E-state index in [1.165, 1.54) is 5.56 Å². The van der Waals surface area contributed by atoms with Gasteiger partial charge in [0, 0.05) is 12.0 Å². The molecule has 72 valence electrons. The normalized spacial score (nSPS) is 14.6. The van der Waals surface area contributed by atoms with Crippen molar-refractivity contribution in [3.8, 4) is 0 Å². The van der Waals surface area contributed by atoms with Crippen LogP contribution in [-0.4, -0.2) is 5.78 Å². The molecule has 0 radical (unpaired) electrons. The highest BCUT2D eigenvalue weighted by molar-refractivity contribution is 6.04.